The Balaban J connectivity index is 1.89. The first kappa shape index (κ1) is 21.1. The third-order valence-electron chi connectivity index (χ3n) is 4.68. The minimum Gasteiger partial charge on any atom is -0.495 e. The van der Waals surface area contributed by atoms with E-state index in [0.29, 0.717) is 6.07 Å². The largest absolute Gasteiger partial charge is 0.495 e. The second-order valence-electron chi connectivity index (χ2n) is 6.65. The smallest absolute Gasteiger partial charge is 0.255 e. The third-order valence-corrected chi connectivity index (χ3v) is 6.22. The molecule has 3 rings (SSSR count). The van der Waals surface area contributed by atoms with Gasteiger partial charge in [-0.3, -0.25) is 4.79 Å². The summed E-state index contributed by atoms with van der Waals surface area (Å²) in [6.07, 6.45) is 3.29. The molecule has 0 spiro atoms. The Bertz CT molecular complexity index is 1040. The normalized spacial score (nSPS) is 14.8. The summed E-state index contributed by atoms with van der Waals surface area (Å²) in [6.45, 7) is 0. The van der Waals surface area contributed by atoms with Gasteiger partial charge in [0.05, 0.1) is 12.8 Å². The Kier molecular flexibility index (Phi) is 6.13. The molecule has 0 atom stereocenters. The van der Waals surface area contributed by atoms with Crippen LogP contribution in [-0.4, -0.2) is 27.5 Å². The van der Waals surface area contributed by atoms with Crippen LogP contribution in [0.15, 0.2) is 35.2 Å². The SMILES string of the molecule is COc1ccc(C(=O)Nc2ccc(F)c(F)c2F)cc1S(=O)(=O)NC1CCCC1. The van der Waals surface area contributed by atoms with Crippen molar-refractivity contribution in [1.82, 2.24) is 4.72 Å². The maximum absolute atomic E-state index is 13.8. The summed E-state index contributed by atoms with van der Waals surface area (Å²) in [6, 6.07) is 5.00. The van der Waals surface area contributed by atoms with Gasteiger partial charge in [-0.15, -0.1) is 0 Å². The van der Waals surface area contributed by atoms with Crippen molar-refractivity contribution in [2.75, 3.05) is 12.4 Å². The molecule has 1 saturated carbocycles. The van der Waals surface area contributed by atoms with Crippen LogP contribution in [0, 0.1) is 17.5 Å². The van der Waals surface area contributed by atoms with Crippen molar-refractivity contribution in [3.63, 3.8) is 0 Å². The van der Waals surface area contributed by atoms with E-state index in [2.05, 4.69) is 10.0 Å². The van der Waals surface area contributed by atoms with Crippen LogP contribution in [0.2, 0.25) is 0 Å². The summed E-state index contributed by atoms with van der Waals surface area (Å²) >= 11 is 0. The standard InChI is InChI=1S/C19H19F3N2O4S/c1-28-15-9-6-11(10-16(15)29(26,27)24-12-4-2-3-5-12)19(25)23-14-8-7-13(20)17(21)18(14)22/h6-10,12,24H,2-5H2,1H3,(H,23,25). The molecule has 0 radical (unpaired) electrons. The van der Waals surface area contributed by atoms with Gasteiger partial charge < -0.3 is 10.1 Å². The van der Waals surface area contributed by atoms with Crippen LogP contribution < -0.4 is 14.8 Å². The van der Waals surface area contributed by atoms with Crippen molar-refractivity contribution >= 4 is 21.6 Å². The number of carbonyl (C=O) groups excluding carboxylic acids is 1. The molecule has 0 heterocycles. The molecule has 0 aliphatic heterocycles. The van der Waals surface area contributed by atoms with E-state index in [1.165, 1.54) is 19.2 Å². The summed E-state index contributed by atoms with van der Waals surface area (Å²) in [5, 5.41) is 2.11. The summed E-state index contributed by atoms with van der Waals surface area (Å²) in [4.78, 5) is 12.2. The number of nitrogens with one attached hydrogen (secondary N) is 2. The molecule has 0 aromatic heterocycles. The van der Waals surface area contributed by atoms with Gasteiger partial charge in [0.25, 0.3) is 5.91 Å². The number of carbonyl (C=O) groups is 1. The van der Waals surface area contributed by atoms with Crippen molar-refractivity contribution in [2.24, 2.45) is 0 Å². The van der Waals surface area contributed by atoms with E-state index in [1.54, 1.807) is 0 Å². The first-order valence-electron chi connectivity index (χ1n) is 8.88. The van der Waals surface area contributed by atoms with Gasteiger partial charge in [0.15, 0.2) is 17.5 Å². The fraction of sp³-hybridized carbons (Fsp3) is 0.316. The van der Waals surface area contributed by atoms with Crippen molar-refractivity contribution in [3.05, 3.63) is 53.3 Å². The number of halogens is 3. The number of sulfonamides is 1. The van der Waals surface area contributed by atoms with Crippen molar-refractivity contribution in [2.45, 2.75) is 36.6 Å². The highest BCUT2D eigenvalue weighted by Crippen LogP contribution is 2.28. The highest BCUT2D eigenvalue weighted by Gasteiger charge is 2.27. The Morgan fingerprint density at radius 2 is 1.76 bits per heavy atom. The van der Waals surface area contributed by atoms with Gasteiger partial charge in [-0.2, -0.15) is 0 Å². The molecule has 6 nitrogen and oxygen atoms in total. The second kappa shape index (κ2) is 8.42. The zero-order valence-corrected chi connectivity index (χ0v) is 16.3. The maximum Gasteiger partial charge on any atom is 0.255 e. The lowest BCUT2D eigenvalue weighted by molar-refractivity contribution is 0.102. The van der Waals surface area contributed by atoms with Gasteiger partial charge >= 0.3 is 0 Å². The molecule has 1 aliphatic rings. The van der Waals surface area contributed by atoms with Crippen LogP contribution in [0.3, 0.4) is 0 Å². The molecule has 29 heavy (non-hydrogen) atoms. The minimum absolute atomic E-state index is 0.0334. The molecule has 1 fully saturated rings. The number of hydrogen-bond acceptors (Lipinski definition) is 4. The number of ether oxygens (including phenoxy) is 1. The summed E-state index contributed by atoms with van der Waals surface area (Å²) in [5.74, 6) is -5.53. The van der Waals surface area contributed by atoms with E-state index in [4.69, 9.17) is 4.74 Å². The number of rotatable bonds is 6. The van der Waals surface area contributed by atoms with Gasteiger partial charge in [0, 0.05) is 11.6 Å². The van der Waals surface area contributed by atoms with Crippen molar-refractivity contribution in [1.29, 1.82) is 0 Å². The second-order valence-corrected chi connectivity index (χ2v) is 8.33. The zero-order valence-electron chi connectivity index (χ0n) is 15.5. The van der Waals surface area contributed by atoms with Crippen molar-refractivity contribution in [3.8, 4) is 5.75 Å². The van der Waals surface area contributed by atoms with Crippen LogP contribution in [-0.2, 0) is 10.0 Å². The van der Waals surface area contributed by atoms with E-state index in [9.17, 15) is 26.4 Å². The van der Waals surface area contributed by atoms with E-state index in [0.717, 1.165) is 37.8 Å². The summed E-state index contributed by atoms with van der Waals surface area (Å²) in [7, 11) is -2.68. The van der Waals surface area contributed by atoms with Crippen LogP contribution in [0.25, 0.3) is 0 Å². The lowest BCUT2D eigenvalue weighted by atomic mass is 10.2. The Morgan fingerprint density at radius 1 is 1.07 bits per heavy atom. The predicted octanol–water partition coefficient (Wildman–Crippen LogP) is 3.59. The van der Waals surface area contributed by atoms with Gasteiger partial charge in [0.1, 0.15) is 10.6 Å². The van der Waals surface area contributed by atoms with Crippen LogP contribution in [0.5, 0.6) is 5.75 Å². The highest BCUT2D eigenvalue weighted by molar-refractivity contribution is 7.89. The summed E-state index contributed by atoms with van der Waals surface area (Å²) in [5.41, 5.74) is -0.695. The Labute approximate surface area is 166 Å². The minimum atomic E-state index is -3.97. The van der Waals surface area contributed by atoms with Crippen LogP contribution >= 0.6 is 0 Å². The van der Waals surface area contributed by atoms with E-state index in [1.807, 2.05) is 0 Å². The molecule has 0 saturated heterocycles. The molecule has 2 aromatic carbocycles. The number of anilines is 1. The van der Waals surface area contributed by atoms with Crippen LogP contribution in [0.1, 0.15) is 36.0 Å². The third kappa shape index (κ3) is 4.54. The molecule has 0 unspecified atom stereocenters. The molecular formula is C19H19F3N2O4S. The number of methoxy groups -OCH3 is 1. The summed E-state index contributed by atoms with van der Waals surface area (Å²) < 4.78 is 73.4. The molecule has 2 N–H and O–H groups in total. The molecular weight excluding hydrogens is 409 g/mol. The molecule has 2 aromatic rings. The fourth-order valence-electron chi connectivity index (χ4n) is 3.17. The predicted molar refractivity (Wildman–Crippen MR) is 99.8 cm³/mol. The van der Waals surface area contributed by atoms with Gasteiger partial charge in [-0.25, -0.2) is 26.3 Å². The monoisotopic (exact) mass is 428 g/mol. The molecule has 10 heteroatoms. The van der Waals surface area contributed by atoms with Gasteiger partial charge in [-0.05, 0) is 43.2 Å². The molecule has 1 amide bonds. The van der Waals surface area contributed by atoms with E-state index < -0.39 is 39.1 Å². The number of amides is 1. The molecule has 156 valence electrons. The lowest BCUT2D eigenvalue weighted by Gasteiger charge is -2.16. The van der Waals surface area contributed by atoms with Crippen molar-refractivity contribution < 1.29 is 31.1 Å². The Morgan fingerprint density at radius 3 is 2.41 bits per heavy atom. The highest BCUT2D eigenvalue weighted by atomic mass is 32.2. The van der Waals surface area contributed by atoms with Gasteiger partial charge in [-0.1, -0.05) is 12.8 Å². The number of hydrogen-bond donors (Lipinski definition) is 2. The Hall–Kier alpha value is -2.59. The topological polar surface area (TPSA) is 84.5 Å². The lowest BCUT2D eigenvalue weighted by Crippen LogP contribution is -2.33. The van der Waals surface area contributed by atoms with E-state index in [-0.39, 0.29) is 22.3 Å². The average molecular weight is 428 g/mol. The first-order valence-corrected chi connectivity index (χ1v) is 10.4. The zero-order chi connectivity index (χ0) is 21.2. The number of benzene rings is 2. The molecule has 0 bridgehead atoms. The first-order chi connectivity index (χ1) is 13.7. The van der Waals surface area contributed by atoms with Gasteiger partial charge in [0.2, 0.25) is 10.0 Å². The fourth-order valence-corrected chi connectivity index (χ4v) is 4.67. The molecule has 1 aliphatic carbocycles. The van der Waals surface area contributed by atoms with Crippen LogP contribution in [0.4, 0.5) is 18.9 Å². The average Bonchev–Trinajstić information content (AvgIpc) is 3.20. The maximum atomic E-state index is 13.8. The van der Waals surface area contributed by atoms with E-state index >= 15 is 0 Å². The quantitative estimate of drug-likeness (QED) is 0.689.